The summed E-state index contributed by atoms with van der Waals surface area (Å²) in [7, 11) is 0. The second-order valence-corrected chi connectivity index (χ2v) is 5.24. The minimum absolute atomic E-state index is 0.0121. The lowest BCUT2D eigenvalue weighted by molar-refractivity contribution is -0.170. The molecule has 2 aliphatic rings. The maximum absolute atomic E-state index is 12.4. The van der Waals surface area contributed by atoms with Crippen molar-refractivity contribution in [2.45, 2.75) is 45.4 Å². The zero-order valence-electron chi connectivity index (χ0n) is 11.1. The molecule has 0 N–H and O–H groups in total. The Morgan fingerprint density at radius 2 is 2.28 bits per heavy atom. The van der Waals surface area contributed by atoms with Crippen LogP contribution in [0.2, 0.25) is 0 Å². The van der Waals surface area contributed by atoms with Gasteiger partial charge in [0.25, 0.3) is 0 Å². The second-order valence-electron chi connectivity index (χ2n) is 5.24. The molecular weight excluding hydrogens is 232 g/mol. The third-order valence-electron chi connectivity index (χ3n) is 4.22. The van der Waals surface area contributed by atoms with Crippen LogP contribution < -0.4 is 0 Å². The molecule has 1 aliphatic carbocycles. The molecule has 0 radical (unpaired) electrons. The Balaban J connectivity index is 2.25. The topological polar surface area (TPSA) is 52.6 Å². The van der Waals surface area contributed by atoms with Crippen LogP contribution in [0.1, 0.15) is 45.4 Å². The normalized spacial score (nSPS) is 33.2. The van der Waals surface area contributed by atoms with Gasteiger partial charge in [0, 0.05) is 18.9 Å². The molecule has 1 saturated heterocycles. The van der Waals surface area contributed by atoms with Crippen molar-refractivity contribution in [3.63, 3.8) is 0 Å². The Hall–Kier alpha value is -0.900. The highest BCUT2D eigenvalue weighted by Gasteiger charge is 2.53. The third kappa shape index (κ3) is 2.30. The lowest BCUT2D eigenvalue weighted by atomic mass is 9.63. The van der Waals surface area contributed by atoms with Gasteiger partial charge in [-0.05, 0) is 32.6 Å². The molecule has 1 saturated carbocycles. The number of hydrogen-bond acceptors (Lipinski definition) is 4. The minimum Gasteiger partial charge on any atom is -0.465 e. The van der Waals surface area contributed by atoms with E-state index in [0.717, 1.165) is 32.3 Å². The minimum atomic E-state index is -0.908. The molecule has 2 atom stereocenters. The molecule has 18 heavy (non-hydrogen) atoms. The molecule has 0 bridgehead atoms. The summed E-state index contributed by atoms with van der Waals surface area (Å²) in [4.78, 5) is 24.7. The molecule has 2 fully saturated rings. The van der Waals surface area contributed by atoms with Gasteiger partial charge < -0.3 is 9.47 Å². The van der Waals surface area contributed by atoms with E-state index in [4.69, 9.17) is 9.47 Å². The summed E-state index contributed by atoms with van der Waals surface area (Å²) in [5, 5.41) is 0. The maximum Gasteiger partial charge on any atom is 0.319 e. The molecule has 1 heterocycles. The smallest absolute Gasteiger partial charge is 0.319 e. The van der Waals surface area contributed by atoms with Crippen LogP contribution in [0.25, 0.3) is 0 Å². The van der Waals surface area contributed by atoms with Crippen molar-refractivity contribution in [1.29, 1.82) is 0 Å². The highest BCUT2D eigenvalue weighted by Crippen LogP contribution is 2.44. The fourth-order valence-corrected chi connectivity index (χ4v) is 3.26. The quantitative estimate of drug-likeness (QED) is 0.571. The summed E-state index contributed by atoms with van der Waals surface area (Å²) in [5.41, 5.74) is -0.908. The van der Waals surface area contributed by atoms with Crippen LogP contribution in [-0.2, 0) is 19.1 Å². The first-order chi connectivity index (χ1) is 8.71. The molecule has 0 aromatic carbocycles. The van der Waals surface area contributed by atoms with Crippen LogP contribution in [0.5, 0.6) is 0 Å². The summed E-state index contributed by atoms with van der Waals surface area (Å²) in [5.74, 6) is -0.231. The zero-order valence-corrected chi connectivity index (χ0v) is 11.1. The van der Waals surface area contributed by atoms with E-state index in [1.165, 1.54) is 0 Å². The summed E-state index contributed by atoms with van der Waals surface area (Å²) >= 11 is 0. The lowest BCUT2D eigenvalue weighted by Crippen LogP contribution is -2.51. The van der Waals surface area contributed by atoms with E-state index in [0.29, 0.717) is 26.1 Å². The Morgan fingerprint density at radius 1 is 1.44 bits per heavy atom. The second kappa shape index (κ2) is 5.83. The van der Waals surface area contributed by atoms with Crippen molar-refractivity contribution in [2.24, 2.45) is 11.3 Å². The molecule has 4 heteroatoms. The fourth-order valence-electron chi connectivity index (χ4n) is 3.26. The first kappa shape index (κ1) is 13.5. The van der Waals surface area contributed by atoms with Gasteiger partial charge in [-0.2, -0.15) is 0 Å². The fraction of sp³-hybridized carbons (Fsp3) is 0.857. The van der Waals surface area contributed by atoms with Crippen LogP contribution in [0.4, 0.5) is 0 Å². The Bertz CT molecular complexity index is 320. The molecule has 2 rings (SSSR count). The SMILES string of the molecule is CCOC(=O)C1(C2CCCOC2)CCCCC1=O. The number of ether oxygens (including phenoxy) is 2. The number of esters is 1. The van der Waals surface area contributed by atoms with Gasteiger partial charge in [-0.25, -0.2) is 0 Å². The Labute approximate surface area is 108 Å². The van der Waals surface area contributed by atoms with Gasteiger partial charge in [0.15, 0.2) is 5.78 Å². The monoisotopic (exact) mass is 254 g/mol. The van der Waals surface area contributed by atoms with Crippen molar-refractivity contribution in [1.82, 2.24) is 0 Å². The van der Waals surface area contributed by atoms with Crippen LogP contribution >= 0.6 is 0 Å². The Kier molecular flexibility index (Phi) is 4.38. The number of hydrogen-bond donors (Lipinski definition) is 0. The Morgan fingerprint density at radius 3 is 2.89 bits per heavy atom. The summed E-state index contributed by atoms with van der Waals surface area (Å²) in [6, 6.07) is 0. The van der Waals surface area contributed by atoms with Gasteiger partial charge in [0.2, 0.25) is 0 Å². The maximum atomic E-state index is 12.4. The molecule has 2 unspecified atom stereocenters. The molecule has 0 amide bonds. The van der Waals surface area contributed by atoms with Crippen molar-refractivity contribution in [3.05, 3.63) is 0 Å². The van der Waals surface area contributed by atoms with Crippen molar-refractivity contribution < 1.29 is 19.1 Å². The van der Waals surface area contributed by atoms with E-state index in [2.05, 4.69) is 0 Å². The van der Waals surface area contributed by atoms with Crippen LogP contribution in [0, 0.1) is 11.3 Å². The van der Waals surface area contributed by atoms with E-state index < -0.39 is 5.41 Å². The van der Waals surface area contributed by atoms with Gasteiger partial charge >= 0.3 is 5.97 Å². The number of carbonyl (C=O) groups excluding carboxylic acids is 2. The third-order valence-corrected chi connectivity index (χ3v) is 4.22. The average Bonchev–Trinajstić information content (AvgIpc) is 2.41. The average molecular weight is 254 g/mol. The summed E-state index contributed by atoms with van der Waals surface area (Å²) in [6.45, 7) is 3.38. The lowest BCUT2D eigenvalue weighted by Gasteiger charge is -2.41. The largest absolute Gasteiger partial charge is 0.465 e. The summed E-state index contributed by atoms with van der Waals surface area (Å²) < 4.78 is 10.7. The van der Waals surface area contributed by atoms with E-state index in [-0.39, 0.29) is 17.7 Å². The van der Waals surface area contributed by atoms with Gasteiger partial charge in [0.05, 0.1) is 13.2 Å². The van der Waals surface area contributed by atoms with Gasteiger partial charge in [-0.15, -0.1) is 0 Å². The van der Waals surface area contributed by atoms with E-state index >= 15 is 0 Å². The molecule has 4 nitrogen and oxygen atoms in total. The number of Topliss-reactive ketones (excluding diaryl/α,β-unsaturated/α-hetero) is 1. The van der Waals surface area contributed by atoms with Crippen LogP contribution in [-0.4, -0.2) is 31.6 Å². The van der Waals surface area contributed by atoms with Crippen molar-refractivity contribution in [3.8, 4) is 0 Å². The number of rotatable bonds is 3. The van der Waals surface area contributed by atoms with E-state index in [1.807, 2.05) is 0 Å². The molecule has 1 aliphatic heterocycles. The highest BCUT2D eigenvalue weighted by molar-refractivity contribution is 6.04. The van der Waals surface area contributed by atoms with E-state index in [1.54, 1.807) is 6.92 Å². The molecular formula is C14H22O4. The predicted molar refractivity (Wildman–Crippen MR) is 66.1 cm³/mol. The first-order valence-corrected chi connectivity index (χ1v) is 7.00. The van der Waals surface area contributed by atoms with Crippen LogP contribution in [0.3, 0.4) is 0 Å². The van der Waals surface area contributed by atoms with Gasteiger partial charge in [-0.3, -0.25) is 9.59 Å². The zero-order chi connectivity index (χ0) is 13.0. The van der Waals surface area contributed by atoms with Crippen LogP contribution in [0.15, 0.2) is 0 Å². The number of ketones is 1. The standard InChI is InChI=1S/C14H22O4/c1-2-18-13(16)14(8-4-3-7-12(14)15)11-6-5-9-17-10-11/h11H,2-10H2,1H3. The molecule has 102 valence electrons. The van der Waals surface area contributed by atoms with Crippen molar-refractivity contribution in [2.75, 3.05) is 19.8 Å². The van der Waals surface area contributed by atoms with Gasteiger partial charge in [-0.1, -0.05) is 6.42 Å². The summed E-state index contributed by atoms with van der Waals surface area (Å²) in [6.07, 6.45) is 4.80. The predicted octanol–water partition coefficient (Wildman–Crippen LogP) is 2.11. The molecule has 0 spiro atoms. The highest BCUT2D eigenvalue weighted by atomic mass is 16.5. The van der Waals surface area contributed by atoms with Crippen molar-refractivity contribution >= 4 is 11.8 Å². The number of carbonyl (C=O) groups is 2. The van der Waals surface area contributed by atoms with E-state index in [9.17, 15) is 9.59 Å². The molecule has 0 aromatic heterocycles. The van der Waals surface area contributed by atoms with Gasteiger partial charge in [0.1, 0.15) is 5.41 Å². The first-order valence-electron chi connectivity index (χ1n) is 7.00. The molecule has 0 aromatic rings.